The summed E-state index contributed by atoms with van der Waals surface area (Å²) in [5, 5.41) is 15.8. The van der Waals surface area contributed by atoms with Gasteiger partial charge in [-0.1, -0.05) is 0 Å². The van der Waals surface area contributed by atoms with Crippen LogP contribution in [0, 0.1) is 0 Å². The fourth-order valence-corrected chi connectivity index (χ4v) is 2.34. The normalized spacial score (nSPS) is 10.9. The van der Waals surface area contributed by atoms with Crippen LogP contribution >= 0.6 is 11.8 Å². The zero-order chi connectivity index (χ0) is 14.0. The van der Waals surface area contributed by atoms with Crippen LogP contribution in [-0.2, 0) is 0 Å². The van der Waals surface area contributed by atoms with Gasteiger partial charge in [0.05, 0.1) is 12.4 Å². The highest BCUT2D eigenvalue weighted by Gasteiger charge is 2.14. The minimum absolute atomic E-state index is 0.0654. The molecule has 2 aromatic heterocycles. The van der Waals surface area contributed by atoms with E-state index in [4.69, 9.17) is 5.11 Å². The Morgan fingerprint density at radius 2 is 2.21 bits per heavy atom. The number of hydrogen-bond donors (Lipinski definition) is 2. The quantitative estimate of drug-likeness (QED) is 0.851. The topological polar surface area (TPSA) is 114 Å². The Hall–Kier alpha value is -2.16. The van der Waals surface area contributed by atoms with Gasteiger partial charge in [-0.2, -0.15) is 0 Å². The van der Waals surface area contributed by atoms with Crippen molar-refractivity contribution in [2.24, 2.45) is 0 Å². The number of rotatable bonds is 4. The Kier molecular flexibility index (Phi) is 3.65. The molecule has 0 aromatic carbocycles. The van der Waals surface area contributed by atoms with Crippen molar-refractivity contribution in [3.8, 4) is 0 Å². The molecule has 0 atom stereocenters. The summed E-state index contributed by atoms with van der Waals surface area (Å²) < 4.78 is 1.46. The van der Waals surface area contributed by atoms with Crippen LogP contribution in [0.5, 0.6) is 0 Å². The summed E-state index contributed by atoms with van der Waals surface area (Å²) in [6.07, 6.45) is 2.58. The van der Waals surface area contributed by atoms with E-state index in [1.807, 2.05) is 13.8 Å². The molecular weight excluding hydrogens is 270 g/mol. The van der Waals surface area contributed by atoms with Crippen LogP contribution in [0.4, 0.5) is 0 Å². The molecular formula is C10H11N5O3S. The lowest BCUT2D eigenvalue weighted by molar-refractivity contribution is 0.0689. The molecule has 0 fully saturated rings. The number of H-pyrrole nitrogens is 1. The van der Waals surface area contributed by atoms with Crippen molar-refractivity contribution in [3.05, 3.63) is 28.6 Å². The molecule has 0 aliphatic rings. The highest BCUT2D eigenvalue weighted by atomic mass is 32.2. The van der Waals surface area contributed by atoms with E-state index >= 15 is 0 Å². The van der Waals surface area contributed by atoms with E-state index in [0.29, 0.717) is 10.2 Å². The number of aromatic amines is 1. The first-order valence-corrected chi connectivity index (χ1v) is 6.20. The number of aromatic nitrogens is 5. The first-order valence-electron chi connectivity index (χ1n) is 5.39. The first-order chi connectivity index (χ1) is 8.99. The Morgan fingerprint density at radius 3 is 2.84 bits per heavy atom. The fourth-order valence-electron chi connectivity index (χ4n) is 1.41. The maximum absolute atomic E-state index is 11.5. The predicted octanol–water partition coefficient (Wildman–Crippen LogP) is 0.792. The Labute approximate surface area is 111 Å². The summed E-state index contributed by atoms with van der Waals surface area (Å²) in [7, 11) is 0. The summed E-state index contributed by atoms with van der Waals surface area (Å²) in [5.74, 6) is -1.15. The van der Waals surface area contributed by atoms with Crippen LogP contribution in [-0.4, -0.2) is 35.8 Å². The maximum atomic E-state index is 11.5. The third kappa shape index (κ3) is 2.81. The molecule has 100 valence electrons. The van der Waals surface area contributed by atoms with Gasteiger partial charge in [-0.05, 0) is 25.6 Å². The van der Waals surface area contributed by atoms with Crippen molar-refractivity contribution in [1.82, 2.24) is 24.7 Å². The molecule has 0 bridgehead atoms. The third-order valence-electron chi connectivity index (χ3n) is 2.22. The second-order valence-electron chi connectivity index (χ2n) is 3.92. The van der Waals surface area contributed by atoms with E-state index in [0.717, 1.165) is 18.0 Å². The number of carboxylic acids is 1. The molecule has 0 amide bonds. The van der Waals surface area contributed by atoms with Crippen molar-refractivity contribution < 1.29 is 9.90 Å². The van der Waals surface area contributed by atoms with Gasteiger partial charge in [-0.25, -0.2) is 19.7 Å². The van der Waals surface area contributed by atoms with Gasteiger partial charge in [0.15, 0.2) is 10.9 Å². The molecule has 2 N–H and O–H groups in total. The van der Waals surface area contributed by atoms with E-state index in [2.05, 4.69) is 20.2 Å². The summed E-state index contributed by atoms with van der Waals surface area (Å²) in [4.78, 5) is 30.0. The molecule has 0 unspecified atom stereocenters. The van der Waals surface area contributed by atoms with Crippen LogP contribution < -0.4 is 5.69 Å². The van der Waals surface area contributed by atoms with Gasteiger partial charge >= 0.3 is 11.7 Å². The largest absolute Gasteiger partial charge is 0.476 e. The Bertz CT molecular complexity index is 663. The lowest BCUT2D eigenvalue weighted by atomic mass is 10.4. The summed E-state index contributed by atoms with van der Waals surface area (Å²) in [6, 6.07) is -0.0654. The molecule has 0 saturated heterocycles. The van der Waals surface area contributed by atoms with Crippen LogP contribution in [0.2, 0.25) is 0 Å². The van der Waals surface area contributed by atoms with E-state index in [-0.39, 0.29) is 17.4 Å². The first kappa shape index (κ1) is 13.3. The molecule has 0 spiro atoms. The average molecular weight is 281 g/mol. The highest BCUT2D eigenvalue weighted by Crippen LogP contribution is 2.24. The van der Waals surface area contributed by atoms with Gasteiger partial charge < -0.3 is 5.11 Å². The smallest absolute Gasteiger partial charge is 0.356 e. The van der Waals surface area contributed by atoms with E-state index in [1.54, 1.807) is 0 Å². The van der Waals surface area contributed by atoms with Gasteiger partial charge in [-0.15, -0.1) is 5.10 Å². The third-order valence-corrected chi connectivity index (χ3v) is 3.09. The molecule has 0 radical (unpaired) electrons. The molecule has 2 rings (SSSR count). The number of carboxylic acid groups (broad SMARTS) is 1. The lowest BCUT2D eigenvalue weighted by Gasteiger charge is -2.07. The van der Waals surface area contributed by atoms with E-state index in [9.17, 15) is 9.59 Å². The SMILES string of the molecule is CC(C)n1c(Sc2cncc(C(=O)O)n2)n[nH]c1=O. The zero-order valence-corrected chi connectivity index (χ0v) is 11.0. The molecule has 0 aliphatic heterocycles. The highest BCUT2D eigenvalue weighted by molar-refractivity contribution is 7.99. The molecule has 9 heteroatoms. The molecule has 8 nitrogen and oxygen atoms in total. The molecule has 2 heterocycles. The van der Waals surface area contributed by atoms with Crippen LogP contribution in [0.25, 0.3) is 0 Å². The van der Waals surface area contributed by atoms with Crippen LogP contribution in [0.3, 0.4) is 0 Å². The number of carbonyl (C=O) groups is 1. The maximum Gasteiger partial charge on any atom is 0.356 e. The van der Waals surface area contributed by atoms with Crippen molar-refractivity contribution in [2.75, 3.05) is 0 Å². The van der Waals surface area contributed by atoms with Gasteiger partial charge in [0.2, 0.25) is 0 Å². The van der Waals surface area contributed by atoms with Crippen molar-refractivity contribution in [1.29, 1.82) is 0 Å². The Morgan fingerprint density at radius 1 is 1.47 bits per heavy atom. The van der Waals surface area contributed by atoms with Crippen molar-refractivity contribution >= 4 is 17.7 Å². The number of hydrogen-bond acceptors (Lipinski definition) is 6. The van der Waals surface area contributed by atoms with E-state index in [1.165, 1.54) is 10.8 Å². The van der Waals surface area contributed by atoms with Gasteiger partial charge in [-0.3, -0.25) is 9.55 Å². The van der Waals surface area contributed by atoms with Gasteiger partial charge in [0.1, 0.15) is 5.03 Å². The van der Waals surface area contributed by atoms with E-state index < -0.39 is 5.97 Å². The van der Waals surface area contributed by atoms with Gasteiger partial charge in [0.25, 0.3) is 0 Å². The number of aromatic carboxylic acids is 1. The standard InChI is InChI=1S/C10H11N5O3S/c1-5(2)15-9(18)13-14-10(15)19-7-4-11-3-6(12-7)8(16)17/h3-5H,1-2H3,(H,13,18)(H,16,17). The predicted molar refractivity (Wildman–Crippen MR) is 66.3 cm³/mol. The lowest BCUT2D eigenvalue weighted by Crippen LogP contribution is -2.19. The second kappa shape index (κ2) is 5.22. The van der Waals surface area contributed by atoms with Gasteiger partial charge in [0, 0.05) is 6.04 Å². The summed E-state index contributed by atoms with van der Waals surface area (Å²) >= 11 is 1.08. The van der Waals surface area contributed by atoms with Crippen molar-refractivity contribution in [2.45, 2.75) is 30.1 Å². The van der Waals surface area contributed by atoms with Crippen molar-refractivity contribution in [3.63, 3.8) is 0 Å². The fraction of sp³-hybridized carbons (Fsp3) is 0.300. The average Bonchev–Trinajstić information content (AvgIpc) is 2.70. The zero-order valence-electron chi connectivity index (χ0n) is 10.2. The minimum Gasteiger partial charge on any atom is -0.476 e. The minimum atomic E-state index is -1.15. The summed E-state index contributed by atoms with van der Waals surface area (Å²) in [6.45, 7) is 3.70. The molecule has 2 aromatic rings. The van der Waals surface area contributed by atoms with Crippen LogP contribution in [0.15, 0.2) is 27.4 Å². The monoisotopic (exact) mass is 281 g/mol. The summed E-state index contributed by atoms with van der Waals surface area (Å²) in [5.41, 5.74) is -0.473. The molecule has 19 heavy (non-hydrogen) atoms. The number of nitrogens with one attached hydrogen (secondary N) is 1. The second-order valence-corrected chi connectivity index (χ2v) is 4.91. The van der Waals surface area contributed by atoms with Crippen LogP contribution in [0.1, 0.15) is 30.4 Å². The molecule has 0 saturated carbocycles. The number of nitrogens with zero attached hydrogens (tertiary/aromatic N) is 4. The molecule has 0 aliphatic carbocycles. The Balaban J connectivity index is 2.34.